The Bertz CT molecular complexity index is 310. The van der Waals surface area contributed by atoms with E-state index in [-0.39, 0.29) is 19.2 Å². The van der Waals surface area contributed by atoms with Crippen molar-refractivity contribution in [2.24, 2.45) is 0 Å². The largest absolute Gasteiger partial charge is 0.493 e. The van der Waals surface area contributed by atoms with Crippen LogP contribution in [0.2, 0.25) is 0 Å². The minimum atomic E-state index is -0.217. The molecule has 1 heterocycles. The highest BCUT2D eigenvalue weighted by atomic mass is 19.1. The van der Waals surface area contributed by atoms with E-state index in [0.29, 0.717) is 13.2 Å². The second-order valence-corrected chi connectivity index (χ2v) is 3.15. The Hall–Kier alpha value is -1.09. The summed E-state index contributed by atoms with van der Waals surface area (Å²) in [5.74, 6) is 0.740. The van der Waals surface area contributed by atoms with E-state index in [0.717, 1.165) is 11.3 Å². The Morgan fingerprint density at radius 3 is 3.07 bits per heavy atom. The van der Waals surface area contributed by atoms with Crippen molar-refractivity contribution in [2.75, 3.05) is 20.3 Å². The molecule has 1 aliphatic rings. The van der Waals surface area contributed by atoms with Crippen molar-refractivity contribution in [3.8, 4) is 5.75 Å². The molecule has 0 saturated carbocycles. The number of methoxy groups -OCH3 is 1. The standard InChI is InChI=1S/C10H11FO2.CH4/c1-12-5-7-6-13-10-3-2-8(11)4-9(7)10;/h2-4,7H,5-6H2,1H3;1H4/t7-;/m1./s1. The molecule has 0 aliphatic carbocycles. The number of rotatable bonds is 2. The predicted octanol–water partition coefficient (Wildman–Crippen LogP) is 2.58. The maximum absolute atomic E-state index is 12.9. The van der Waals surface area contributed by atoms with E-state index in [4.69, 9.17) is 9.47 Å². The van der Waals surface area contributed by atoms with Gasteiger partial charge >= 0.3 is 0 Å². The molecule has 0 amide bonds. The van der Waals surface area contributed by atoms with Crippen LogP contribution in [0.25, 0.3) is 0 Å². The first-order chi connectivity index (χ1) is 6.31. The Morgan fingerprint density at radius 1 is 1.57 bits per heavy atom. The van der Waals surface area contributed by atoms with E-state index in [2.05, 4.69) is 0 Å². The fourth-order valence-electron chi connectivity index (χ4n) is 1.59. The Kier molecular flexibility index (Phi) is 3.47. The molecule has 2 nitrogen and oxygen atoms in total. The highest BCUT2D eigenvalue weighted by Crippen LogP contribution is 2.34. The van der Waals surface area contributed by atoms with Gasteiger partial charge in [-0.05, 0) is 18.2 Å². The smallest absolute Gasteiger partial charge is 0.123 e. The number of fused-ring (bicyclic) bond motifs is 1. The van der Waals surface area contributed by atoms with Gasteiger partial charge in [-0.15, -0.1) is 0 Å². The lowest BCUT2D eigenvalue weighted by molar-refractivity contribution is 0.166. The van der Waals surface area contributed by atoms with Crippen molar-refractivity contribution >= 4 is 0 Å². The Labute approximate surface area is 83.6 Å². The third-order valence-corrected chi connectivity index (χ3v) is 2.22. The molecular weight excluding hydrogens is 183 g/mol. The van der Waals surface area contributed by atoms with Crippen LogP contribution >= 0.6 is 0 Å². The third-order valence-electron chi connectivity index (χ3n) is 2.22. The quantitative estimate of drug-likeness (QED) is 0.727. The van der Waals surface area contributed by atoms with Gasteiger partial charge in [0, 0.05) is 18.6 Å². The van der Waals surface area contributed by atoms with Gasteiger partial charge in [0.05, 0.1) is 13.2 Å². The number of hydrogen-bond donors (Lipinski definition) is 0. The first-order valence-corrected chi connectivity index (χ1v) is 4.22. The van der Waals surface area contributed by atoms with Crippen LogP contribution in [0.1, 0.15) is 18.9 Å². The summed E-state index contributed by atoms with van der Waals surface area (Å²) in [6.45, 7) is 1.17. The SMILES string of the molecule is C.COC[C@@H]1COc2ccc(F)cc21. The molecule has 0 bridgehead atoms. The summed E-state index contributed by atoms with van der Waals surface area (Å²) in [5, 5.41) is 0. The lowest BCUT2D eigenvalue weighted by atomic mass is 10.0. The van der Waals surface area contributed by atoms with Crippen LogP contribution in [0.5, 0.6) is 5.75 Å². The average molecular weight is 198 g/mol. The Morgan fingerprint density at radius 2 is 2.36 bits per heavy atom. The highest BCUT2D eigenvalue weighted by Gasteiger charge is 2.24. The van der Waals surface area contributed by atoms with E-state index in [9.17, 15) is 4.39 Å². The molecular formula is C11H15FO2. The van der Waals surface area contributed by atoms with E-state index >= 15 is 0 Å². The zero-order chi connectivity index (χ0) is 9.26. The molecule has 0 fully saturated rings. The van der Waals surface area contributed by atoms with Crippen molar-refractivity contribution in [1.82, 2.24) is 0 Å². The van der Waals surface area contributed by atoms with Gasteiger partial charge in [0.15, 0.2) is 0 Å². The molecule has 3 heteroatoms. The summed E-state index contributed by atoms with van der Waals surface area (Å²) >= 11 is 0. The minimum absolute atomic E-state index is 0. The molecule has 0 unspecified atom stereocenters. The van der Waals surface area contributed by atoms with E-state index in [1.807, 2.05) is 0 Å². The number of ether oxygens (including phenoxy) is 2. The Balaban J connectivity index is 0.000000980. The zero-order valence-electron chi connectivity index (χ0n) is 7.42. The van der Waals surface area contributed by atoms with Crippen LogP contribution in [-0.2, 0) is 4.74 Å². The lowest BCUT2D eigenvalue weighted by Gasteiger charge is -2.05. The molecule has 0 aromatic heterocycles. The number of halogens is 1. The van der Waals surface area contributed by atoms with Gasteiger partial charge in [0.2, 0.25) is 0 Å². The first kappa shape index (κ1) is 11.0. The molecule has 0 N–H and O–H groups in total. The van der Waals surface area contributed by atoms with Crippen LogP contribution < -0.4 is 4.74 Å². The van der Waals surface area contributed by atoms with Crippen molar-refractivity contribution in [1.29, 1.82) is 0 Å². The first-order valence-electron chi connectivity index (χ1n) is 4.22. The van der Waals surface area contributed by atoms with Gasteiger partial charge in [-0.25, -0.2) is 4.39 Å². The summed E-state index contributed by atoms with van der Waals surface area (Å²) in [6, 6.07) is 4.60. The van der Waals surface area contributed by atoms with Gasteiger partial charge in [-0.2, -0.15) is 0 Å². The van der Waals surface area contributed by atoms with Gasteiger partial charge in [0.1, 0.15) is 11.6 Å². The van der Waals surface area contributed by atoms with Crippen molar-refractivity contribution in [3.63, 3.8) is 0 Å². The molecule has 78 valence electrons. The fraction of sp³-hybridized carbons (Fsp3) is 0.455. The van der Waals surface area contributed by atoms with Crippen LogP contribution in [0.3, 0.4) is 0 Å². The molecule has 14 heavy (non-hydrogen) atoms. The summed E-state index contributed by atoms with van der Waals surface area (Å²) in [6.07, 6.45) is 0. The van der Waals surface area contributed by atoms with E-state index < -0.39 is 0 Å². The van der Waals surface area contributed by atoms with Gasteiger partial charge in [-0.3, -0.25) is 0 Å². The minimum Gasteiger partial charge on any atom is -0.493 e. The normalized spacial score (nSPS) is 18.3. The summed E-state index contributed by atoms with van der Waals surface area (Å²) in [4.78, 5) is 0. The van der Waals surface area contributed by atoms with Crippen LogP contribution in [0.15, 0.2) is 18.2 Å². The molecule has 1 atom stereocenters. The molecule has 1 aromatic rings. The van der Waals surface area contributed by atoms with E-state index in [1.165, 1.54) is 12.1 Å². The monoisotopic (exact) mass is 198 g/mol. The fourth-order valence-corrected chi connectivity index (χ4v) is 1.59. The number of benzene rings is 1. The second kappa shape index (κ2) is 4.42. The lowest BCUT2D eigenvalue weighted by Crippen LogP contribution is -2.07. The van der Waals surface area contributed by atoms with Crippen molar-refractivity contribution < 1.29 is 13.9 Å². The number of hydrogen-bond acceptors (Lipinski definition) is 2. The summed E-state index contributed by atoms with van der Waals surface area (Å²) < 4.78 is 23.3. The van der Waals surface area contributed by atoms with Crippen LogP contribution in [0.4, 0.5) is 4.39 Å². The van der Waals surface area contributed by atoms with Gasteiger partial charge in [-0.1, -0.05) is 7.43 Å². The molecule has 0 saturated heterocycles. The third kappa shape index (κ3) is 1.87. The topological polar surface area (TPSA) is 18.5 Å². The van der Waals surface area contributed by atoms with Gasteiger partial charge in [0.25, 0.3) is 0 Å². The maximum atomic E-state index is 12.9. The predicted molar refractivity (Wildman–Crippen MR) is 53.2 cm³/mol. The zero-order valence-corrected chi connectivity index (χ0v) is 7.42. The highest BCUT2D eigenvalue weighted by molar-refractivity contribution is 5.40. The van der Waals surface area contributed by atoms with Crippen LogP contribution in [-0.4, -0.2) is 20.3 Å². The van der Waals surface area contributed by atoms with Crippen molar-refractivity contribution in [3.05, 3.63) is 29.6 Å². The average Bonchev–Trinajstić information content (AvgIpc) is 2.49. The van der Waals surface area contributed by atoms with Gasteiger partial charge < -0.3 is 9.47 Å². The van der Waals surface area contributed by atoms with E-state index in [1.54, 1.807) is 13.2 Å². The van der Waals surface area contributed by atoms with Crippen LogP contribution in [0, 0.1) is 5.82 Å². The summed E-state index contributed by atoms with van der Waals surface area (Å²) in [7, 11) is 1.64. The molecule has 1 aliphatic heterocycles. The maximum Gasteiger partial charge on any atom is 0.123 e. The molecule has 0 radical (unpaired) electrons. The molecule has 2 rings (SSSR count). The molecule has 1 aromatic carbocycles. The molecule has 0 spiro atoms. The second-order valence-electron chi connectivity index (χ2n) is 3.15. The summed E-state index contributed by atoms with van der Waals surface area (Å²) in [5.41, 5.74) is 0.918. The van der Waals surface area contributed by atoms with Crippen molar-refractivity contribution in [2.45, 2.75) is 13.3 Å².